The normalized spacial score (nSPS) is 23.9. The Morgan fingerprint density at radius 1 is 1.26 bits per heavy atom. The van der Waals surface area contributed by atoms with Gasteiger partial charge in [-0.15, -0.1) is 0 Å². The van der Waals surface area contributed by atoms with Crippen molar-refractivity contribution in [3.05, 3.63) is 35.4 Å². The molecule has 1 unspecified atom stereocenters. The highest BCUT2D eigenvalue weighted by molar-refractivity contribution is 5.78. The zero-order valence-electron chi connectivity index (χ0n) is 14.6. The van der Waals surface area contributed by atoms with Gasteiger partial charge in [-0.3, -0.25) is 4.79 Å². The molecular formula is C20H29NO2. The van der Waals surface area contributed by atoms with Crippen molar-refractivity contribution in [2.45, 2.75) is 57.8 Å². The second-order valence-electron chi connectivity index (χ2n) is 8.61. The summed E-state index contributed by atoms with van der Waals surface area (Å²) >= 11 is 0. The first kappa shape index (κ1) is 16.5. The van der Waals surface area contributed by atoms with E-state index in [0.717, 1.165) is 44.5 Å². The maximum atomic E-state index is 11.7. The fourth-order valence-electron chi connectivity index (χ4n) is 4.29. The van der Waals surface area contributed by atoms with Gasteiger partial charge in [0.15, 0.2) is 0 Å². The van der Waals surface area contributed by atoms with Crippen molar-refractivity contribution in [3.8, 4) is 0 Å². The topological polar surface area (TPSA) is 40.5 Å². The number of carbonyl (C=O) groups is 1. The van der Waals surface area contributed by atoms with Crippen LogP contribution in [0, 0.1) is 5.41 Å². The van der Waals surface area contributed by atoms with Crippen molar-refractivity contribution >= 4 is 5.97 Å². The summed E-state index contributed by atoms with van der Waals surface area (Å²) < 4.78 is 0. The zero-order chi connectivity index (χ0) is 16.7. The third-order valence-corrected chi connectivity index (χ3v) is 5.79. The fraction of sp³-hybridized carbons (Fsp3) is 0.650. The summed E-state index contributed by atoms with van der Waals surface area (Å²) in [6.45, 7) is 10.2. The average molecular weight is 315 g/mol. The molecule has 1 spiro atoms. The Morgan fingerprint density at radius 3 is 2.52 bits per heavy atom. The second-order valence-corrected chi connectivity index (χ2v) is 8.61. The van der Waals surface area contributed by atoms with Crippen molar-refractivity contribution in [1.82, 2.24) is 4.90 Å². The van der Waals surface area contributed by atoms with Gasteiger partial charge in [-0.2, -0.15) is 0 Å². The van der Waals surface area contributed by atoms with Crippen LogP contribution in [0.4, 0.5) is 0 Å². The monoisotopic (exact) mass is 315 g/mol. The Hall–Kier alpha value is -1.35. The highest BCUT2D eigenvalue weighted by Gasteiger charge is 2.47. The van der Waals surface area contributed by atoms with Crippen molar-refractivity contribution in [1.29, 1.82) is 0 Å². The summed E-state index contributed by atoms with van der Waals surface area (Å²) in [6.07, 6.45) is 4.19. The molecule has 0 saturated carbocycles. The molecule has 3 rings (SSSR count). The predicted molar refractivity (Wildman–Crippen MR) is 92.9 cm³/mol. The molecule has 1 aliphatic heterocycles. The SMILES string of the molecule is CC(C)(C)CCN1CCC2(CC1)CC(C(=O)O)c1ccccc12. The Labute approximate surface area is 139 Å². The lowest BCUT2D eigenvalue weighted by Crippen LogP contribution is -2.42. The molecule has 2 aliphatic rings. The lowest BCUT2D eigenvalue weighted by Gasteiger charge is -2.41. The number of carboxylic acids is 1. The lowest BCUT2D eigenvalue weighted by atomic mass is 9.73. The van der Waals surface area contributed by atoms with Gasteiger partial charge >= 0.3 is 5.97 Å². The number of fused-ring (bicyclic) bond motifs is 2. The van der Waals surface area contributed by atoms with Crippen LogP contribution < -0.4 is 0 Å². The molecule has 1 N–H and O–H groups in total. The number of benzene rings is 1. The van der Waals surface area contributed by atoms with Crippen molar-refractivity contribution in [2.24, 2.45) is 5.41 Å². The van der Waals surface area contributed by atoms with E-state index in [-0.39, 0.29) is 11.3 Å². The van der Waals surface area contributed by atoms with Gasteiger partial charge in [0, 0.05) is 0 Å². The molecular weight excluding hydrogens is 286 g/mol. The molecule has 1 aromatic carbocycles. The van der Waals surface area contributed by atoms with Crippen molar-refractivity contribution < 1.29 is 9.90 Å². The highest BCUT2D eigenvalue weighted by atomic mass is 16.4. The summed E-state index contributed by atoms with van der Waals surface area (Å²) in [6, 6.07) is 8.24. The minimum Gasteiger partial charge on any atom is -0.481 e. The van der Waals surface area contributed by atoms with Crippen LogP contribution in [0.3, 0.4) is 0 Å². The van der Waals surface area contributed by atoms with E-state index in [1.165, 1.54) is 12.0 Å². The van der Waals surface area contributed by atoms with E-state index in [2.05, 4.69) is 37.8 Å². The van der Waals surface area contributed by atoms with Gasteiger partial charge in [0.2, 0.25) is 0 Å². The maximum Gasteiger partial charge on any atom is 0.311 e. The molecule has 1 saturated heterocycles. The summed E-state index contributed by atoms with van der Waals surface area (Å²) in [5.74, 6) is -0.975. The minimum atomic E-state index is -0.663. The quantitative estimate of drug-likeness (QED) is 0.915. The van der Waals surface area contributed by atoms with Gasteiger partial charge in [0.05, 0.1) is 5.92 Å². The Morgan fingerprint density at radius 2 is 1.91 bits per heavy atom. The summed E-state index contributed by atoms with van der Waals surface area (Å²) in [4.78, 5) is 14.2. The molecule has 23 heavy (non-hydrogen) atoms. The molecule has 3 nitrogen and oxygen atoms in total. The van der Waals surface area contributed by atoms with Crippen LogP contribution in [-0.4, -0.2) is 35.6 Å². The third kappa shape index (κ3) is 3.30. The first-order chi connectivity index (χ1) is 10.8. The van der Waals surface area contributed by atoms with Gasteiger partial charge in [-0.25, -0.2) is 0 Å². The second kappa shape index (κ2) is 5.94. The van der Waals surface area contributed by atoms with Crippen LogP contribution in [0.1, 0.15) is 63.5 Å². The van der Waals surface area contributed by atoms with Crippen LogP contribution in [-0.2, 0) is 10.2 Å². The van der Waals surface area contributed by atoms with E-state index in [1.54, 1.807) is 0 Å². The van der Waals surface area contributed by atoms with E-state index >= 15 is 0 Å². The molecule has 0 bridgehead atoms. The summed E-state index contributed by atoms with van der Waals surface area (Å²) in [5, 5.41) is 9.59. The van der Waals surface area contributed by atoms with E-state index in [0.29, 0.717) is 5.41 Å². The largest absolute Gasteiger partial charge is 0.481 e. The van der Waals surface area contributed by atoms with E-state index in [9.17, 15) is 9.90 Å². The van der Waals surface area contributed by atoms with Crippen LogP contribution in [0.15, 0.2) is 24.3 Å². The van der Waals surface area contributed by atoms with Crippen LogP contribution in [0.2, 0.25) is 0 Å². The number of hydrogen-bond donors (Lipinski definition) is 1. The molecule has 1 atom stereocenters. The zero-order valence-corrected chi connectivity index (χ0v) is 14.6. The van der Waals surface area contributed by atoms with Gasteiger partial charge in [0.25, 0.3) is 0 Å². The highest BCUT2D eigenvalue weighted by Crippen LogP contribution is 2.51. The number of aliphatic carboxylic acids is 1. The minimum absolute atomic E-state index is 0.0951. The summed E-state index contributed by atoms with van der Waals surface area (Å²) in [7, 11) is 0. The van der Waals surface area contributed by atoms with Gasteiger partial charge in [0.1, 0.15) is 0 Å². The average Bonchev–Trinajstić information content (AvgIpc) is 2.82. The molecule has 1 heterocycles. The van der Waals surface area contributed by atoms with Crippen molar-refractivity contribution in [2.75, 3.05) is 19.6 Å². The number of likely N-dealkylation sites (tertiary alicyclic amines) is 1. The Bertz CT molecular complexity index is 580. The van der Waals surface area contributed by atoms with Gasteiger partial charge in [-0.1, -0.05) is 45.0 Å². The molecule has 1 aromatic rings. The van der Waals surface area contributed by atoms with Gasteiger partial charge in [-0.05, 0) is 67.3 Å². The number of rotatable bonds is 3. The molecule has 1 aliphatic carbocycles. The smallest absolute Gasteiger partial charge is 0.311 e. The number of hydrogen-bond acceptors (Lipinski definition) is 2. The number of carboxylic acid groups (broad SMARTS) is 1. The van der Waals surface area contributed by atoms with Gasteiger partial charge < -0.3 is 10.0 Å². The standard InChI is InChI=1S/C20H29NO2/c1-19(2,3)8-11-21-12-9-20(10-13-21)14-16(18(22)23)15-6-4-5-7-17(15)20/h4-7,16H,8-14H2,1-3H3,(H,22,23). The maximum absolute atomic E-state index is 11.7. The third-order valence-electron chi connectivity index (χ3n) is 5.79. The predicted octanol–water partition coefficient (Wildman–Crippen LogP) is 4.03. The van der Waals surface area contributed by atoms with E-state index < -0.39 is 5.97 Å². The molecule has 1 fully saturated rings. The fourth-order valence-corrected chi connectivity index (χ4v) is 4.29. The Kier molecular flexibility index (Phi) is 4.26. The molecule has 0 radical (unpaired) electrons. The van der Waals surface area contributed by atoms with Crippen LogP contribution >= 0.6 is 0 Å². The number of piperidine rings is 1. The van der Waals surface area contributed by atoms with Crippen LogP contribution in [0.5, 0.6) is 0 Å². The first-order valence-corrected chi connectivity index (χ1v) is 8.85. The molecule has 0 aromatic heterocycles. The first-order valence-electron chi connectivity index (χ1n) is 8.85. The molecule has 126 valence electrons. The van der Waals surface area contributed by atoms with Crippen molar-refractivity contribution in [3.63, 3.8) is 0 Å². The number of nitrogens with zero attached hydrogens (tertiary/aromatic N) is 1. The molecule has 3 heteroatoms. The van der Waals surface area contributed by atoms with Crippen LogP contribution in [0.25, 0.3) is 0 Å². The van der Waals surface area contributed by atoms with E-state index in [1.807, 2.05) is 12.1 Å². The lowest BCUT2D eigenvalue weighted by molar-refractivity contribution is -0.139. The summed E-state index contributed by atoms with van der Waals surface area (Å²) in [5.41, 5.74) is 2.84. The molecule has 0 amide bonds. The Balaban J connectivity index is 1.72. The van der Waals surface area contributed by atoms with E-state index in [4.69, 9.17) is 0 Å².